The van der Waals surface area contributed by atoms with E-state index in [0.29, 0.717) is 5.56 Å². The number of hydrogen-bond acceptors (Lipinski definition) is 3. The van der Waals surface area contributed by atoms with Crippen LogP contribution in [0.25, 0.3) is 10.4 Å². The van der Waals surface area contributed by atoms with Crippen molar-refractivity contribution in [2.24, 2.45) is 5.41 Å². The molecule has 1 aliphatic rings. The normalized spacial score (nSPS) is 16.2. The molecule has 1 aromatic heterocycles. The zero-order chi connectivity index (χ0) is 17.5. The van der Waals surface area contributed by atoms with Crippen molar-refractivity contribution in [2.75, 3.05) is 14.1 Å². The van der Waals surface area contributed by atoms with Crippen LogP contribution in [0.5, 0.6) is 0 Å². The summed E-state index contributed by atoms with van der Waals surface area (Å²) >= 11 is 1.69. The first kappa shape index (κ1) is 17.2. The van der Waals surface area contributed by atoms with Crippen LogP contribution in [0.15, 0.2) is 24.3 Å². The van der Waals surface area contributed by atoms with Crippen LogP contribution in [0.3, 0.4) is 0 Å². The van der Waals surface area contributed by atoms with Crippen molar-refractivity contribution in [3.05, 3.63) is 45.8 Å². The summed E-state index contributed by atoms with van der Waals surface area (Å²) in [6.07, 6.45) is 2.97. The predicted octanol–water partition coefficient (Wildman–Crippen LogP) is 4.69. The Balaban J connectivity index is 2.17. The minimum Gasteiger partial charge on any atom is -0.478 e. The van der Waals surface area contributed by atoms with E-state index in [-0.39, 0.29) is 5.41 Å². The Morgan fingerprint density at radius 2 is 2.00 bits per heavy atom. The van der Waals surface area contributed by atoms with E-state index in [1.165, 1.54) is 10.4 Å². The molecule has 3 rings (SSSR count). The number of aryl methyl sites for hydroxylation is 1. The third-order valence-electron chi connectivity index (χ3n) is 4.74. The topological polar surface area (TPSA) is 40.5 Å². The van der Waals surface area contributed by atoms with E-state index in [4.69, 9.17) is 0 Å². The van der Waals surface area contributed by atoms with Crippen molar-refractivity contribution in [1.82, 2.24) is 4.90 Å². The van der Waals surface area contributed by atoms with Crippen LogP contribution in [-0.4, -0.2) is 30.1 Å². The number of carbonyl (C=O) groups is 1. The molecule has 0 aliphatic heterocycles. The highest BCUT2D eigenvalue weighted by molar-refractivity contribution is 7.16. The summed E-state index contributed by atoms with van der Waals surface area (Å²) in [5.74, 6) is -0.792. The number of hydrogen-bond donors (Lipinski definition) is 1. The van der Waals surface area contributed by atoms with Gasteiger partial charge >= 0.3 is 5.97 Å². The van der Waals surface area contributed by atoms with E-state index in [1.807, 2.05) is 26.2 Å². The van der Waals surface area contributed by atoms with Crippen LogP contribution >= 0.6 is 11.3 Å². The quantitative estimate of drug-likeness (QED) is 0.875. The summed E-state index contributed by atoms with van der Waals surface area (Å²) < 4.78 is 0. The van der Waals surface area contributed by atoms with Gasteiger partial charge in [-0.2, -0.15) is 0 Å². The number of fused-ring (bicyclic) bond motifs is 1. The molecule has 0 saturated carbocycles. The molecule has 0 spiro atoms. The fourth-order valence-electron chi connectivity index (χ4n) is 3.56. The molecule has 3 nitrogen and oxygen atoms in total. The molecule has 0 amide bonds. The predicted molar refractivity (Wildman–Crippen MR) is 99.9 cm³/mol. The SMILES string of the molecule is CN(C)Cc1ccccc1-c1sc2c(c1C(=O)O)CC(C)(C)CC2. The van der Waals surface area contributed by atoms with Crippen molar-refractivity contribution < 1.29 is 9.90 Å². The van der Waals surface area contributed by atoms with Gasteiger partial charge < -0.3 is 10.0 Å². The first-order valence-electron chi connectivity index (χ1n) is 8.39. The zero-order valence-electron chi connectivity index (χ0n) is 14.8. The Morgan fingerprint density at radius 3 is 2.67 bits per heavy atom. The molecule has 1 aliphatic carbocycles. The molecule has 128 valence electrons. The third-order valence-corrected chi connectivity index (χ3v) is 6.06. The van der Waals surface area contributed by atoms with Crippen LogP contribution in [-0.2, 0) is 19.4 Å². The van der Waals surface area contributed by atoms with E-state index in [2.05, 4.69) is 30.9 Å². The molecule has 0 saturated heterocycles. The molecule has 0 fully saturated rings. The van der Waals surface area contributed by atoms with Crippen molar-refractivity contribution >= 4 is 17.3 Å². The van der Waals surface area contributed by atoms with Gasteiger partial charge in [-0.3, -0.25) is 0 Å². The highest BCUT2D eigenvalue weighted by Crippen LogP contribution is 2.45. The van der Waals surface area contributed by atoms with Crippen molar-refractivity contribution in [1.29, 1.82) is 0 Å². The lowest BCUT2D eigenvalue weighted by Gasteiger charge is -2.29. The molecule has 1 aromatic carbocycles. The highest BCUT2D eigenvalue weighted by Gasteiger charge is 2.33. The second-order valence-corrected chi connectivity index (χ2v) is 8.85. The lowest BCUT2D eigenvalue weighted by atomic mass is 9.76. The molecule has 4 heteroatoms. The number of aromatic carboxylic acids is 1. The number of rotatable bonds is 4. The van der Waals surface area contributed by atoms with Crippen LogP contribution in [0.2, 0.25) is 0 Å². The Bertz CT molecular complexity index is 774. The average molecular weight is 343 g/mol. The average Bonchev–Trinajstić information content (AvgIpc) is 2.84. The summed E-state index contributed by atoms with van der Waals surface area (Å²) in [4.78, 5) is 16.4. The van der Waals surface area contributed by atoms with Crippen LogP contribution < -0.4 is 0 Å². The van der Waals surface area contributed by atoms with Crippen molar-refractivity contribution in [3.63, 3.8) is 0 Å². The summed E-state index contributed by atoms with van der Waals surface area (Å²) in [7, 11) is 4.08. The Labute approximate surface area is 147 Å². The first-order valence-corrected chi connectivity index (χ1v) is 9.21. The minimum atomic E-state index is -0.792. The second-order valence-electron chi connectivity index (χ2n) is 7.75. The molecule has 1 N–H and O–H groups in total. The van der Waals surface area contributed by atoms with E-state index in [9.17, 15) is 9.90 Å². The van der Waals surface area contributed by atoms with Crippen LogP contribution in [0.1, 0.15) is 46.6 Å². The summed E-state index contributed by atoms with van der Waals surface area (Å²) in [6.45, 7) is 5.28. The zero-order valence-corrected chi connectivity index (χ0v) is 15.7. The number of benzene rings is 1. The Hall–Kier alpha value is -1.65. The number of thiophene rings is 1. The summed E-state index contributed by atoms with van der Waals surface area (Å²) in [5.41, 5.74) is 4.04. The molecule has 24 heavy (non-hydrogen) atoms. The van der Waals surface area contributed by atoms with E-state index < -0.39 is 5.97 Å². The molecule has 1 heterocycles. The maximum absolute atomic E-state index is 12.1. The molecule has 0 unspecified atom stereocenters. The fraction of sp³-hybridized carbons (Fsp3) is 0.450. The van der Waals surface area contributed by atoms with Gasteiger partial charge in [0.25, 0.3) is 0 Å². The molecular formula is C20H25NO2S. The van der Waals surface area contributed by atoms with Gasteiger partial charge in [0, 0.05) is 16.3 Å². The van der Waals surface area contributed by atoms with E-state index in [0.717, 1.165) is 41.8 Å². The molecule has 2 aromatic rings. The van der Waals surface area contributed by atoms with Gasteiger partial charge in [0.15, 0.2) is 0 Å². The van der Waals surface area contributed by atoms with Crippen molar-refractivity contribution in [2.45, 2.75) is 39.7 Å². The van der Waals surface area contributed by atoms with Gasteiger partial charge in [-0.05, 0) is 55.5 Å². The standard InChI is InChI=1S/C20H25NO2S/c1-20(2)10-9-16-15(11-20)17(19(22)23)18(24-16)14-8-6-5-7-13(14)12-21(3)4/h5-8H,9-12H2,1-4H3,(H,22,23). The number of carboxylic acid groups (broad SMARTS) is 1. The maximum atomic E-state index is 12.1. The Kier molecular flexibility index (Phi) is 4.54. The lowest BCUT2D eigenvalue weighted by Crippen LogP contribution is -2.22. The molecular weight excluding hydrogens is 318 g/mol. The lowest BCUT2D eigenvalue weighted by molar-refractivity contribution is 0.0696. The first-order chi connectivity index (χ1) is 11.3. The smallest absolute Gasteiger partial charge is 0.337 e. The largest absolute Gasteiger partial charge is 0.478 e. The van der Waals surface area contributed by atoms with Gasteiger partial charge in [0.1, 0.15) is 0 Å². The van der Waals surface area contributed by atoms with Gasteiger partial charge in [0.05, 0.1) is 5.56 Å². The van der Waals surface area contributed by atoms with E-state index >= 15 is 0 Å². The van der Waals surface area contributed by atoms with Crippen molar-refractivity contribution in [3.8, 4) is 10.4 Å². The summed E-state index contributed by atoms with van der Waals surface area (Å²) in [5, 5.41) is 9.91. The Morgan fingerprint density at radius 1 is 1.29 bits per heavy atom. The van der Waals surface area contributed by atoms with Crippen LogP contribution in [0.4, 0.5) is 0 Å². The highest BCUT2D eigenvalue weighted by atomic mass is 32.1. The molecule has 0 atom stereocenters. The second kappa shape index (κ2) is 6.34. The minimum absolute atomic E-state index is 0.179. The summed E-state index contributed by atoms with van der Waals surface area (Å²) in [6, 6.07) is 8.19. The third kappa shape index (κ3) is 3.26. The van der Waals surface area contributed by atoms with Gasteiger partial charge in [-0.1, -0.05) is 38.1 Å². The number of carboxylic acids is 1. The monoisotopic (exact) mass is 343 g/mol. The van der Waals surface area contributed by atoms with Gasteiger partial charge in [0.2, 0.25) is 0 Å². The maximum Gasteiger partial charge on any atom is 0.337 e. The number of nitrogens with zero attached hydrogens (tertiary/aromatic N) is 1. The van der Waals surface area contributed by atoms with Gasteiger partial charge in [-0.15, -0.1) is 11.3 Å². The molecule has 0 radical (unpaired) electrons. The van der Waals surface area contributed by atoms with Crippen LogP contribution in [0, 0.1) is 5.41 Å². The van der Waals surface area contributed by atoms with Gasteiger partial charge in [-0.25, -0.2) is 4.79 Å². The fourth-order valence-corrected chi connectivity index (χ4v) is 4.93. The van der Waals surface area contributed by atoms with E-state index in [1.54, 1.807) is 11.3 Å². The molecule has 0 bridgehead atoms.